The van der Waals surface area contributed by atoms with Crippen molar-refractivity contribution in [2.75, 3.05) is 0 Å². The maximum atomic E-state index is 12.3. The van der Waals surface area contributed by atoms with Crippen LogP contribution in [0.1, 0.15) is 20.8 Å². The van der Waals surface area contributed by atoms with E-state index in [-0.39, 0.29) is 0 Å². The van der Waals surface area contributed by atoms with Crippen molar-refractivity contribution in [1.29, 1.82) is 0 Å². The quantitative estimate of drug-likeness (QED) is 0.531. The third-order valence-corrected chi connectivity index (χ3v) is 0.993. The molecule has 0 amide bonds. The minimum atomic E-state index is -1.44. The molecule has 44 valence electrons. The first-order valence-electron chi connectivity index (χ1n) is 2.31. The first-order valence-corrected chi connectivity index (χ1v) is 2.31. The molecule has 0 aliphatic heterocycles. The minimum absolute atomic E-state index is 0.868. The average Bonchev–Trinajstić information content (AvgIpc) is 1.31. The number of aliphatic hydroxyl groups is 1. The van der Waals surface area contributed by atoms with Crippen molar-refractivity contribution in [3.05, 3.63) is 0 Å². The van der Waals surface area contributed by atoms with E-state index < -0.39 is 11.8 Å². The van der Waals surface area contributed by atoms with E-state index in [4.69, 9.17) is 5.11 Å². The van der Waals surface area contributed by atoms with E-state index in [1.165, 1.54) is 20.8 Å². The van der Waals surface area contributed by atoms with Gasteiger partial charge in [-0.25, -0.2) is 4.39 Å². The van der Waals surface area contributed by atoms with Crippen LogP contribution < -0.4 is 0 Å². The molecule has 2 heteroatoms. The van der Waals surface area contributed by atoms with Crippen LogP contribution in [0.2, 0.25) is 0 Å². The molecule has 1 N–H and O–H groups in total. The molecule has 0 saturated carbocycles. The van der Waals surface area contributed by atoms with Gasteiger partial charge in [0.15, 0.2) is 0 Å². The van der Waals surface area contributed by atoms with Crippen LogP contribution in [-0.2, 0) is 0 Å². The SMILES string of the molecule is CC(O)C(C)(C)F. The summed E-state index contributed by atoms with van der Waals surface area (Å²) in [5.41, 5.74) is -1.44. The van der Waals surface area contributed by atoms with Crippen LogP contribution >= 0.6 is 0 Å². The van der Waals surface area contributed by atoms with E-state index in [2.05, 4.69) is 0 Å². The largest absolute Gasteiger partial charge is 0.390 e. The van der Waals surface area contributed by atoms with Gasteiger partial charge in [0, 0.05) is 0 Å². The second-order valence-corrected chi connectivity index (χ2v) is 2.24. The fourth-order valence-electron chi connectivity index (χ4n) is 0. The highest BCUT2D eigenvalue weighted by Gasteiger charge is 2.21. The van der Waals surface area contributed by atoms with Crippen LogP contribution in [0.25, 0.3) is 0 Å². The summed E-state index contributed by atoms with van der Waals surface area (Å²) in [5, 5.41) is 8.51. The van der Waals surface area contributed by atoms with Crippen molar-refractivity contribution in [3.63, 3.8) is 0 Å². The molecule has 1 atom stereocenters. The second-order valence-electron chi connectivity index (χ2n) is 2.24. The molecule has 0 rings (SSSR count). The number of aliphatic hydroxyl groups excluding tert-OH is 1. The zero-order chi connectivity index (χ0) is 6.08. The molecule has 7 heavy (non-hydrogen) atoms. The number of hydrogen-bond acceptors (Lipinski definition) is 1. The molecule has 0 spiro atoms. The van der Waals surface area contributed by atoms with Crippen LogP contribution in [-0.4, -0.2) is 16.9 Å². The Morgan fingerprint density at radius 1 is 1.57 bits per heavy atom. The molecule has 0 fully saturated rings. The smallest absolute Gasteiger partial charge is 0.130 e. The number of halogens is 1. The maximum Gasteiger partial charge on any atom is 0.130 e. The Kier molecular flexibility index (Phi) is 1.75. The lowest BCUT2D eigenvalue weighted by atomic mass is 10.1. The topological polar surface area (TPSA) is 20.2 Å². The van der Waals surface area contributed by atoms with Gasteiger partial charge in [-0.1, -0.05) is 0 Å². The van der Waals surface area contributed by atoms with Gasteiger partial charge in [-0.05, 0) is 20.8 Å². The van der Waals surface area contributed by atoms with E-state index in [9.17, 15) is 4.39 Å². The van der Waals surface area contributed by atoms with Gasteiger partial charge in [0.2, 0.25) is 0 Å². The first-order chi connectivity index (χ1) is 2.94. The van der Waals surface area contributed by atoms with Gasteiger partial charge in [0.1, 0.15) is 5.67 Å². The van der Waals surface area contributed by atoms with Crippen molar-refractivity contribution in [2.45, 2.75) is 32.5 Å². The average molecular weight is 106 g/mol. The van der Waals surface area contributed by atoms with Gasteiger partial charge in [0.25, 0.3) is 0 Å². The third kappa shape index (κ3) is 2.57. The standard InChI is InChI=1S/C5H11FO/c1-4(7)5(2,3)6/h4,7H,1-3H3. The molecule has 0 radical (unpaired) electrons. The Morgan fingerprint density at radius 2 is 1.71 bits per heavy atom. The summed E-state index contributed by atoms with van der Waals surface area (Å²) in [5.74, 6) is 0. The predicted octanol–water partition coefficient (Wildman–Crippen LogP) is 1.12. The van der Waals surface area contributed by atoms with E-state index in [0.29, 0.717) is 0 Å². The highest BCUT2D eigenvalue weighted by molar-refractivity contribution is 4.71. The molecule has 0 aromatic rings. The zero-order valence-electron chi connectivity index (χ0n) is 4.90. The van der Waals surface area contributed by atoms with Crippen LogP contribution in [0.15, 0.2) is 0 Å². The van der Waals surface area contributed by atoms with Crippen molar-refractivity contribution >= 4 is 0 Å². The fraction of sp³-hybridized carbons (Fsp3) is 1.00. The Balaban J connectivity index is 3.54. The van der Waals surface area contributed by atoms with Crippen molar-refractivity contribution in [2.24, 2.45) is 0 Å². The lowest BCUT2D eigenvalue weighted by Crippen LogP contribution is -2.27. The van der Waals surface area contributed by atoms with Gasteiger partial charge in [-0.3, -0.25) is 0 Å². The van der Waals surface area contributed by atoms with Crippen LogP contribution in [0.3, 0.4) is 0 Å². The van der Waals surface area contributed by atoms with E-state index in [1.54, 1.807) is 0 Å². The van der Waals surface area contributed by atoms with E-state index in [1.807, 2.05) is 0 Å². The molecule has 1 unspecified atom stereocenters. The number of hydrogen-bond donors (Lipinski definition) is 1. The van der Waals surface area contributed by atoms with E-state index in [0.717, 1.165) is 0 Å². The first kappa shape index (κ1) is 6.89. The third-order valence-electron chi connectivity index (χ3n) is 0.993. The van der Waals surface area contributed by atoms with Crippen molar-refractivity contribution in [3.8, 4) is 0 Å². The van der Waals surface area contributed by atoms with Gasteiger partial charge < -0.3 is 5.11 Å². The summed E-state index contributed by atoms with van der Waals surface area (Å²) < 4.78 is 12.3. The molecule has 1 nitrogen and oxygen atoms in total. The molecule has 0 aromatic carbocycles. The van der Waals surface area contributed by atoms with Crippen molar-refractivity contribution in [1.82, 2.24) is 0 Å². The fourth-order valence-corrected chi connectivity index (χ4v) is 0. The summed E-state index contributed by atoms with van der Waals surface area (Å²) in [4.78, 5) is 0. The molecular weight excluding hydrogens is 95.1 g/mol. The molecule has 0 aliphatic carbocycles. The minimum Gasteiger partial charge on any atom is -0.390 e. The van der Waals surface area contributed by atoms with Crippen LogP contribution in [0, 0.1) is 0 Å². The monoisotopic (exact) mass is 106 g/mol. The molecule has 0 bridgehead atoms. The zero-order valence-corrected chi connectivity index (χ0v) is 4.90. The van der Waals surface area contributed by atoms with Gasteiger partial charge >= 0.3 is 0 Å². The van der Waals surface area contributed by atoms with Gasteiger partial charge in [-0.2, -0.15) is 0 Å². The predicted molar refractivity (Wildman–Crippen MR) is 26.9 cm³/mol. The molecule has 0 heterocycles. The molecule has 0 aliphatic rings. The van der Waals surface area contributed by atoms with Gasteiger partial charge in [-0.15, -0.1) is 0 Å². The normalized spacial score (nSPS) is 16.7. The maximum absolute atomic E-state index is 12.3. The van der Waals surface area contributed by atoms with Crippen LogP contribution in [0.4, 0.5) is 4.39 Å². The Bertz CT molecular complexity index is 53.6. The number of rotatable bonds is 1. The molecule has 0 saturated heterocycles. The van der Waals surface area contributed by atoms with E-state index >= 15 is 0 Å². The summed E-state index contributed by atoms with van der Waals surface area (Å²) in [6.07, 6.45) is -0.868. The Labute approximate surface area is 43.2 Å². The van der Waals surface area contributed by atoms with Gasteiger partial charge in [0.05, 0.1) is 6.10 Å². The van der Waals surface area contributed by atoms with Crippen LogP contribution in [0.5, 0.6) is 0 Å². The molecule has 0 aromatic heterocycles. The number of alkyl halides is 1. The highest BCUT2D eigenvalue weighted by atomic mass is 19.1. The summed E-state index contributed by atoms with van der Waals surface area (Å²) in [6.45, 7) is 4.12. The molecular formula is C5H11FO. The lowest BCUT2D eigenvalue weighted by molar-refractivity contribution is 0.0308. The summed E-state index contributed by atoms with van der Waals surface area (Å²) in [7, 11) is 0. The van der Waals surface area contributed by atoms with Crippen molar-refractivity contribution < 1.29 is 9.50 Å². The summed E-state index contributed by atoms with van der Waals surface area (Å²) >= 11 is 0. The Hall–Kier alpha value is -0.110. The summed E-state index contributed by atoms with van der Waals surface area (Å²) in [6, 6.07) is 0. The lowest BCUT2D eigenvalue weighted by Gasteiger charge is -2.16. The Morgan fingerprint density at radius 3 is 1.71 bits per heavy atom. The second kappa shape index (κ2) is 1.78. The highest BCUT2D eigenvalue weighted by Crippen LogP contribution is 2.12.